The van der Waals surface area contributed by atoms with Crippen molar-refractivity contribution >= 4 is 23.4 Å². The molecule has 2 amide bonds. The molecule has 0 saturated carbocycles. The van der Waals surface area contributed by atoms with Gasteiger partial charge in [-0.2, -0.15) is 0 Å². The van der Waals surface area contributed by atoms with Gasteiger partial charge in [-0.15, -0.1) is 5.53 Å². The van der Waals surface area contributed by atoms with Crippen LogP contribution < -0.4 is 16.0 Å². The third-order valence-corrected chi connectivity index (χ3v) is 8.67. The van der Waals surface area contributed by atoms with Gasteiger partial charge in [-0.25, -0.2) is 4.79 Å². The van der Waals surface area contributed by atoms with Crippen LogP contribution in [0.15, 0.2) is 36.4 Å². The van der Waals surface area contributed by atoms with Crippen LogP contribution in [0.3, 0.4) is 0 Å². The Morgan fingerprint density at radius 1 is 0.974 bits per heavy atom. The fraction of sp³-hybridized carbons (Fsp3) is 0.533. The summed E-state index contributed by atoms with van der Waals surface area (Å²) in [6, 6.07) is 12.6. The van der Waals surface area contributed by atoms with E-state index in [-0.39, 0.29) is 18.4 Å². The van der Waals surface area contributed by atoms with E-state index in [1.807, 2.05) is 16.8 Å². The quantitative estimate of drug-likeness (QED) is 0.510. The van der Waals surface area contributed by atoms with E-state index < -0.39 is 5.97 Å². The molecule has 0 radical (unpaired) electrons. The summed E-state index contributed by atoms with van der Waals surface area (Å²) in [6.45, 7) is 5.37. The van der Waals surface area contributed by atoms with Crippen molar-refractivity contribution < 1.29 is 14.7 Å². The average molecular weight is 520 g/mol. The molecule has 7 aliphatic heterocycles. The third-order valence-electron chi connectivity index (χ3n) is 8.67. The first-order chi connectivity index (χ1) is 18.4. The van der Waals surface area contributed by atoms with Gasteiger partial charge >= 0.3 is 12.0 Å². The Morgan fingerprint density at radius 2 is 1.74 bits per heavy atom. The number of likely N-dealkylation sites (N-methyl/N-ethyl adjacent to an activating group) is 1. The number of carbonyl (C=O) groups is 2. The molecular formula is C30H41N5O3. The minimum Gasteiger partial charge on any atom is -0.481 e. The molecule has 3 N–H and O–H groups in total. The third kappa shape index (κ3) is 5.75. The molecule has 1 fully saturated rings. The number of anilines is 2. The number of carbonyl (C=O) groups excluding carboxylic acids is 1. The van der Waals surface area contributed by atoms with Crippen molar-refractivity contribution in [1.82, 2.24) is 15.3 Å². The molecule has 1 atom stereocenters. The van der Waals surface area contributed by atoms with E-state index in [9.17, 15) is 14.7 Å². The van der Waals surface area contributed by atoms with Crippen LogP contribution in [0.5, 0.6) is 0 Å². The Bertz CT molecular complexity index is 1140. The van der Waals surface area contributed by atoms with Crippen LogP contribution >= 0.6 is 0 Å². The van der Waals surface area contributed by atoms with Crippen LogP contribution in [0.2, 0.25) is 0 Å². The van der Waals surface area contributed by atoms with Gasteiger partial charge in [0.2, 0.25) is 0 Å². The van der Waals surface area contributed by atoms with Gasteiger partial charge in [0.25, 0.3) is 0 Å². The van der Waals surface area contributed by atoms with Gasteiger partial charge < -0.3 is 20.3 Å². The van der Waals surface area contributed by atoms with Gasteiger partial charge in [0.15, 0.2) is 0 Å². The number of carboxylic acid groups (broad SMARTS) is 1. The first-order valence-electron chi connectivity index (χ1n) is 14.1. The molecule has 204 valence electrons. The number of fused-ring (bicyclic) bond motifs is 1. The average Bonchev–Trinajstić information content (AvgIpc) is 3.34. The van der Waals surface area contributed by atoms with Crippen LogP contribution in [0.25, 0.3) is 0 Å². The van der Waals surface area contributed by atoms with Crippen molar-refractivity contribution in [2.24, 2.45) is 5.92 Å². The summed E-state index contributed by atoms with van der Waals surface area (Å²) in [7, 11) is 1.90. The molecule has 0 aromatic heterocycles. The van der Waals surface area contributed by atoms with Crippen LogP contribution in [0.4, 0.5) is 16.2 Å². The van der Waals surface area contributed by atoms with Crippen LogP contribution in [0, 0.1) is 12.8 Å². The maximum absolute atomic E-state index is 13.0. The highest BCUT2D eigenvalue weighted by Gasteiger charge is 2.27. The van der Waals surface area contributed by atoms with Crippen molar-refractivity contribution in [3.63, 3.8) is 0 Å². The molecule has 7 aliphatic rings. The second kappa shape index (κ2) is 11.6. The Labute approximate surface area is 225 Å². The zero-order valence-electron chi connectivity index (χ0n) is 22.7. The highest BCUT2D eigenvalue weighted by molar-refractivity contribution is 5.79. The number of urea groups is 1. The van der Waals surface area contributed by atoms with E-state index in [0.29, 0.717) is 6.54 Å². The minimum absolute atomic E-state index is 0.0319. The van der Waals surface area contributed by atoms with E-state index in [0.717, 1.165) is 84.9 Å². The van der Waals surface area contributed by atoms with E-state index in [2.05, 4.69) is 59.3 Å². The molecule has 0 aliphatic carbocycles. The number of benzene rings is 2. The van der Waals surface area contributed by atoms with E-state index in [4.69, 9.17) is 0 Å². The van der Waals surface area contributed by atoms with Gasteiger partial charge in [-0.1, -0.05) is 49.6 Å². The number of amides is 2. The van der Waals surface area contributed by atoms with Gasteiger partial charge in [0, 0.05) is 39.1 Å². The van der Waals surface area contributed by atoms with E-state index >= 15 is 0 Å². The zero-order chi connectivity index (χ0) is 26.6. The fourth-order valence-electron chi connectivity index (χ4n) is 6.26. The SMILES string of the molecule is Cc1c2ccc3c1NNN3CCCCCC1CCN(CC1)C(=O)N(C)CCc1ccc(cc1)C2CC(=O)O. The topological polar surface area (TPSA) is 88.2 Å². The van der Waals surface area contributed by atoms with Crippen molar-refractivity contribution in [3.8, 4) is 0 Å². The van der Waals surface area contributed by atoms with Crippen molar-refractivity contribution in [1.29, 1.82) is 0 Å². The lowest BCUT2D eigenvalue weighted by Crippen LogP contribution is -2.45. The normalized spacial score (nSPS) is 22.7. The number of nitrogens with zero attached hydrogens (tertiary/aromatic N) is 3. The minimum atomic E-state index is -0.812. The summed E-state index contributed by atoms with van der Waals surface area (Å²) in [5.74, 6) is -0.332. The van der Waals surface area contributed by atoms with Crippen LogP contribution in [-0.4, -0.2) is 60.1 Å². The first-order valence-corrected chi connectivity index (χ1v) is 14.1. The lowest BCUT2D eigenvalue weighted by atomic mass is 9.85. The standard InChI is InChI=1S/C30H41N5O3/c1-21-25-11-12-27-29(21)31-32-35(27)16-5-3-4-6-22-14-18-34(19-15-22)30(38)33(2)17-13-23-7-9-24(10-8-23)26(25)20-28(36)37/h7-12,22,26,31-32H,3-6,13-20H2,1-2H3,(H,36,37). The number of carboxylic acids is 1. The summed E-state index contributed by atoms with van der Waals surface area (Å²) in [6.07, 6.45) is 7.75. The first kappa shape index (κ1) is 26.4. The molecule has 1 unspecified atom stereocenters. The van der Waals surface area contributed by atoms with Crippen LogP contribution in [-0.2, 0) is 11.2 Å². The van der Waals surface area contributed by atoms with Crippen LogP contribution in [0.1, 0.15) is 73.1 Å². The number of hydrogen-bond acceptors (Lipinski definition) is 5. The smallest absolute Gasteiger partial charge is 0.319 e. The predicted molar refractivity (Wildman–Crippen MR) is 150 cm³/mol. The Balaban J connectivity index is 1.41. The highest BCUT2D eigenvalue weighted by atomic mass is 16.4. The molecule has 8 heteroatoms. The number of aliphatic carboxylic acids is 1. The molecular weight excluding hydrogens is 478 g/mol. The predicted octanol–water partition coefficient (Wildman–Crippen LogP) is 5.13. The Kier molecular flexibility index (Phi) is 8.07. The largest absolute Gasteiger partial charge is 0.481 e. The zero-order valence-corrected chi connectivity index (χ0v) is 22.7. The number of hydrogen-bond donors (Lipinski definition) is 3. The molecule has 8 bridgehead atoms. The summed E-state index contributed by atoms with van der Waals surface area (Å²) >= 11 is 0. The van der Waals surface area contributed by atoms with E-state index in [1.54, 1.807) is 0 Å². The lowest BCUT2D eigenvalue weighted by molar-refractivity contribution is -0.137. The summed E-state index contributed by atoms with van der Waals surface area (Å²) in [4.78, 5) is 28.7. The van der Waals surface area contributed by atoms with Gasteiger partial charge in [0.1, 0.15) is 0 Å². The van der Waals surface area contributed by atoms with Gasteiger partial charge in [-0.05, 0) is 66.8 Å². The van der Waals surface area contributed by atoms with E-state index in [1.165, 1.54) is 19.3 Å². The fourth-order valence-corrected chi connectivity index (χ4v) is 6.26. The second-order valence-corrected chi connectivity index (χ2v) is 11.2. The maximum Gasteiger partial charge on any atom is 0.319 e. The number of rotatable bonds is 2. The maximum atomic E-state index is 13.0. The van der Waals surface area contributed by atoms with Crippen molar-refractivity contribution in [2.75, 3.05) is 43.7 Å². The highest BCUT2D eigenvalue weighted by Crippen LogP contribution is 2.40. The summed E-state index contributed by atoms with van der Waals surface area (Å²) in [5, 5.41) is 11.9. The second-order valence-electron chi connectivity index (χ2n) is 11.2. The van der Waals surface area contributed by atoms with Gasteiger partial charge in [-0.3, -0.25) is 9.80 Å². The number of piperidine rings is 1. The van der Waals surface area contributed by atoms with Crippen molar-refractivity contribution in [2.45, 2.75) is 64.2 Å². The van der Waals surface area contributed by atoms with Crippen molar-refractivity contribution in [3.05, 3.63) is 58.7 Å². The summed E-state index contributed by atoms with van der Waals surface area (Å²) in [5.41, 5.74) is 13.1. The molecule has 7 heterocycles. The lowest BCUT2D eigenvalue weighted by Gasteiger charge is -2.34. The number of hydrazine groups is 2. The number of nitrogens with one attached hydrogen (secondary N) is 2. The molecule has 38 heavy (non-hydrogen) atoms. The molecule has 1 saturated heterocycles. The van der Waals surface area contributed by atoms with Gasteiger partial charge in [0.05, 0.1) is 17.8 Å². The Hall–Kier alpha value is -3.26. The molecule has 2 aromatic carbocycles. The summed E-state index contributed by atoms with van der Waals surface area (Å²) < 4.78 is 0. The monoisotopic (exact) mass is 519 g/mol. The molecule has 8 nitrogen and oxygen atoms in total. The molecule has 2 aromatic rings. The molecule has 9 rings (SSSR count). The Morgan fingerprint density at radius 3 is 2.47 bits per heavy atom. The molecule has 0 spiro atoms.